The lowest BCUT2D eigenvalue weighted by molar-refractivity contribution is 0.102. The number of benzene rings is 1. The van der Waals surface area contributed by atoms with Gasteiger partial charge in [-0.3, -0.25) is 4.79 Å². The fraction of sp³-hybridized carbons (Fsp3) is 0.0769. The average Bonchev–Trinajstić information content (AvgIpc) is 2.34. The Kier molecular flexibility index (Phi) is 4.20. The van der Waals surface area contributed by atoms with Crippen molar-refractivity contribution in [1.29, 1.82) is 0 Å². The maximum atomic E-state index is 13.6. The van der Waals surface area contributed by atoms with Crippen LogP contribution in [0.15, 0.2) is 24.3 Å². The van der Waals surface area contributed by atoms with Crippen molar-refractivity contribution in [2.45, 2.75) is 6.92 Å². The maximum absolute atomic E-state index is 13.6. The van der Waals surface area contributed by atoms with Crippen LogP contribution in [-0.2, 0) is 0 Å². The van der Waals surface area contributed by atoms with Crippen LogP contribution < -0.4 is 5.32 Å². The summed E-state index contributed by atoms with van der Waals surface area (Å²) in [6.45, 7) is 1.42. The summed E-state index contributed by atoms with van der Waals surface area (Å²) in [5, 5.41) is 2.30. The first-order chi connectivity index (χ1) is 9.36. The molecule has 1 amide bonds. The van der Waals surface area contributed by atoms with Gasteiger partial charge in [0.05, 0.1) is 5.69 Å². The second-order valence-corrected chi connectivity index (χ2v) is 4.81. The van der Waals surface area contributed by atoms with Crippen LogP contribution in [0.1, 0.15) is 15.9 Å². The number of nitrogens with one attached hydrogen (secondary N) is 1. The van der Waals surface area contributed by atoms with Crippen molar-refractivity contribution in [1.82, 2.24) is 4.98 Å². The number of amides is 1. The molecule has 0 unspecified atom stereocenters. The summed E-state index contributed by atoms with van der Waals surface area (Å²) in [6, 6.07) is 4.45. The molecule has 2 aromatic rings. The van der Waals surface area contributed by atoms with E-state index in [0.717, 1.165) is 12.1 Å². The highest BCUT2D eigenvalue weighted by Gasteiger charge is 2.13. The normalized spacial score (nSPS) is 10.4. The molecule has 20 heavy (non-hydrogen) atoms. The van der Waals surface area contributed by atoms with Crippen molar-refractivity contribution in [3.05, 3.63) is 57.3 Å². The minimum atomic E-state index is -0.733. The van der Waals surface area contributed by atoms with Gasteiger partial charge in [-0.2, -0.15) is 0 Å². The van der Waals surface area contributed by atoms with Gasteiger partial charge in [-0.05, 0) is 30.7 Å². The minimum Gasteiger partial charge on any atom is -0.319 e. The van der Waals surface area contributed by atoms with Crippen LogP contribution in [0.3, 0.4) is 0 Å². The zero-order chi connectivity index (χ0) is 14.9. The van der Waals surface area contributed by atoms with Crippen molar-refractivity contribution in [3.8, 4) is 0 Å². The Hall–Kier alpha value is -1.72. The summed E-state index contributed by atoms with van der Waals surface area (Å²) in [7, 11) is 0. The first kappa shape index (κ1) is 14.7. The van der Waals surface area contributed by atoms with Gasteiger partial charge in [0.2, 0.25) is 0 Å². The summed E-state index contributed by atoms with van der Waals surface area (Å²) in [4.78, 5) is 15.6. The number of anilines is 1. The molecule has 0 saturated heterocycles. The van der Waals surface area contributed by atoms with Gasteiger partial charge in [0, 0.05) is 11.6 Å². The third kappa shape index (κ3) is 3.23. The molecule has 0 radical (unpaired) electrons. The van der Waals surface area contributed by atoms with E-state index in [-0.39, 0.29) is 27.1 Å². The lowest BCUT2D eigenvalue weighted by Gasteiger charge is -2.08. The number of hydrogen-bond acceptors (Lipinski definition) is 2. The van der Waals surface area contributed by atoms with E-state index in [1.165, 1.54) is 19.1 Å². The van der Waals surface area contributed by atoms with Crippen LogP contribution in [0.4, 0.5) is 14.5 Å². The molecule has 7 heteroatoms. The van der Waals surface area contributed by atoms with E-state index in [1.54, 1.807) is 0 Å². The fourth-order valence-corrected chi connectivity index (χ4v) is 1.99. The van der Waals surface area contributed by atoms with Crippen LogP contribution >= 0.6 is 23.2 Å². The molecule has 104 valence electrons. The fourth-order valence-electron chi connectivity index (χ4n) is 1.53. The molecule has 0 spiro atoms. The topological polar surface area (TPSA) is 42.0 Å². The van der Waals surface area contributed by atoms with Crippen LogP contribution in [-0.4, -0.2) is 10.9 Å². The summed E-state index contributed by atoms with van der Waals surface area (Å²) in [5.41, 5.74) is -0.0203. The molecule has 1 aromatic heterocycles. The standard InChI is InChI=1S/C13H8Cl2F2N2O/c1-6-2-9(17)10(5-8(6)16)18-13(20)7-3-11(14)19-12(15)4-7/h2-5H,1H3,(H,18,20). The predicted molar refractivity (Wildman–Crippen MR) is 73.3 cm³/mol. The van der Waals surface area contributed by atoms with E-state index in [0.29, 0.717) is 0 Å². The molecule has 0 aliphatic heterocycles. The molecule has 0 bridgehead atoms. The highest BCUT2D eigenvalue weighted by Crippen LogP contribution is 2.21. The number of halogens is 4. The number of aromatic nitrogens is 1. The highest BCUT2D eigenvalue weighted by molar-refractivity contribution is 6.33. The summed E-state index contributed by atoms with van der Waals surface area (Å²) in [5.74, 6) is -2.02. The molecular weight excluding hydrogens is 309 g/mol. The van der Waals surface area contributed by atoms with Gasteiger partial charge in [0.15, 0.2) is 0 Å². The monoisotopic (exact) mass is 316 g/mol. The quantitative estimate of drug-likeness (QED) is 0.842. The molecule has 0 fully saturated rings. The van der Waals surface area contributed by atoms with Crippen LogP contribution in [0, 0.1) is 18.6 Å². The zero-order valence-electron chi connectivity index (χ0n) is 10.2. The Morgan fingerprint density at radius 2 is 1.70 bits per heavy atom. The summed E-state index contributed by atoms with van der Waals surface area (Å²) < 4.78 is 27.0. The third-order valence-corrected chi connectivity index (χ3v) is 2.91. The lowest BCUT2D eigenvalue weighted by Crippen LogP contribution is -2.13. The smallest absolute Gasteiger partial charge is 0.255 e. The highest BCUT2D eigenvalue weighted by atomic mass is 35.5. The van der Waals surface area contributed by atoms with E-state index in [4.69, 9.17) is 23.2 Å². The lowest BCUT2D eigenvalue weighted by atomic mass is 10.2. The molecule has 1 heterocycles. The number of nitrogens with zero attached hydrogens (tertiary/aromatic N) is 1. The van der Waals surface area contributed by atoms with Gasteiger partial charge in [0.1, 0.15) is 21.9 Å². The molecule has 1 N–H and O–H groups in total. The third-order valence-electron chi connectivity index (χ3n) is 2.52. The maximum Gasteiger partial charge on any atom is 0.255 e. The number of aryl methyl sites for hydroxylation is 1. The van der Waals surface area contributed by atoms with Gasteiger partial charge in [-0.25, -0.2) is 13.8 Å². The number of rotatable bonds is 2. The SMILES string of the molecule is Cc1cc(F)c(NC(=O)c2cc(Cl)nc(Cl)c2)cc1F. The molecule has 0 aliphatic rings. The molecule has 3 nitrogen and oxygen atoms in total. The van der Waals surface area contributed by atoms with Crippen molar-refractivity contribution < 1.29 is 13.6 Å². The Morgan fingerprint density at radius 3 is 2.30 bits per heavy atom. The second kappa shape index (κ2) is 5.73. The van der Waals surface area contributed by atoms with Crippen molar-refractivity contribution in [2.75, 3.05) is 5.32 Å². The van der Waals surface area contributed by atoms with Crippen molar-refractivity contribution in [2.24, 2.45) is 0 Å². The van der Waals surface area contributed by atoms with Crippen LogP contribution in [0.25, 0.3) is 0 Å². The molecule has 1 aromatic carbocycles. The predicted octanol–water partition coefficient (Wildman–Crippen LogP) is 4.23. The van der Waals surface area contributed by atoms with Gasteiger partial charge >= 0.3 is 0 Å². The van der Waals surface area contributed by atoms with E-state index < -0.39 is 17.5 Å². The number of carbonyl (C=O) groups excluding carboxylic acids is 1. The molecule has 2 rings (SSSR count). The largest absolute Gasteiger partial charge is 0.319 e. The molecule has 0 aliphatic carbocycles. The van der Waals surface area contributed by atoms with Gasteiger partial charge in [-0.1, -0.05) is 23.2 Å². The average molecular weight is 317 g/mol. The Balaban J connectivity index is 2.30. The van der Waals surface area contributed by atoms with Crippen molar-refractivity contribution >= 4 is 34.8 Å². The van der Waals surface area contributed by atoms with Gasteiger partial charge < -0.3 is 5.32 Å². The van der Waals surface area contributed by atoms with Crippen LogP contribution in [0.5, 0.6) is 0 Å². The number of pyridine rings is 1. The van der Waals surface area contributed by atoms with Gasteiger partial charge in [0.25, 0.3) is 5.91 Å². The first-order valence-corrected chi connectivity index (χ1v) is 6.22. The van der Waals surface area contributed by atoms with E-state index in [9.17, 15) is 13.6 Å². The molecule has 0 saturated carbocycles. The molecule has 0 atom stereocenters. The minimum absolute atomic E-state index is 0.0261. The summed E-state index contributed by atoms with van der Waals surface area (Å²) in [6.07, 6.45) is 0. The zero-order valence-corrected chi connectivity index (χ0v) is 11.7. The number of hydrogen-bond donors (Lipinski definition) is 1. The van der Waals surface area contributed by atoms with Crippen LogP contribution in [0.2, 0.25) is 10.3 Å². The Morgan fingerprint density at radius 1 is 1.10 bits per heavy atom. The molecular formula is C13H8Cl2F2N2O. The number of carbonyl (C=O) groups is 1. The summed E-state index contributed by atoms with van der Waals surface area (Å²) >= 11 is 11.3. The van der Waals surface area contributed by atoms with Gasteiger partial charge in [-0.15, -0.1) is 0 Å². The second-order valence-electron chi connectivity index (χ2n) is 4.04. The van der Waals surface area contributed by atoms with E-state index in [2.05, 4.69) is 10.3 Å². The Bertz CT molecular complexity index is 672. The Labute approximate surface area is 123 Å². The van der Waals surface area contributed by atoms with E-state index >= 15 is 0 Å². The van der Waals surface area contributed by atoms with Crippen molar-refractivity contribution in [3.63, 3.8) is 0 Å². The first-order valence-electron chi connectivity index (χ1n) is 5.47. The van der Waals surface area contributed by atoms with E-state index in [1.807, 2.05) is 0 Å².